The molecule has 33 heavy (non-hydrogen) atoms. The predicted molar refractivity (Wildman–Crippen MR) is 145 cm³/mol. The molecule has 0 aliphatic rings. The van der Waals surface area contributed by atoms with E-state index in [0.29, 0.717) is 6.54 Å². The first-order valence-corrected chi connectivity index (χ1v) is 11.7. The molecule has 4 aromatic carbocycles. The third-order valence-corrected chi connectivity index (χ3v) is 7.28. The van der Waals surface area contributed by atoms with Crippen molar-refractivity contribution in [2.24, 2.45) is 9.98 Å². The maximum absolute atomic E-state index is 4.57. The standard InChI is InChI=1S/C29H21N3S/c1-30-15-8-16-31-18-20-11-7-13-22-26-25(33-29(20)22)17-23(19-9-3-2-4-10-19)28-27(26)21-12-5-6-14-24(21)32-28/h2-17,32H,1,18H2/b15-8-,31-16?. The quantitative estimate of drug-likeness (QED) is 0.261. The first-order chi connectivity index (χ1) is 16.3. The molecule has 0 aliphatic carbocycles. The molecule has 0 amide bonds. The third kappa shape index (κ3) is 3.27. The SMILES string of the molecule is C=N/C=C\C=NCc1cccc2c1sc1cc(-c3ccccc3)c3[nH]c4ccccc4c3c12. The summed E-state index contributed by atoms with van der Waals surface area (Å²) in [7, 11) is 0. The number of aliphatic imine (C=N–C) groups is 2. The Balaban J connectivity index is 1.67. The van der Waals surface area contributed by atoms with Crippen LogP contribution in [-0.4, -0.2) is 17.9 Å². The summed E-state index contributed by atoms with van der Waals surface area (Å²) in [5, 5.41) is 5.18. The van der Waals surface area contributed by atoms with Gasteiger partial charge in [-0.05, 0) is 36.1 Å². The van der Waals surface area contributed by atoms with E-state index in [0.717, 1.165) is 0 Å². The third-order valence-electron chi connectivity index (χ3n) is 6.05. The molecule has 0 saturated heterocycles. The summed E-state index contributed by atoms with van der Waals surface area (Å²) in [5.74, 6) is 0. The topological polar surface area (TPSA) is 40.5 Å². The van der Waals surface area contributed by atoms with E-state index in [4.69, 9.17) is 0 Å². The number of allylic oxidation sites excluding steroid dienone is 1. The zero-order chi connectivity index (χ0) is 22.2. The highest BCUT2D eigenvalue weighted by Crippen LogP contribution is 2.45. The first kappa shape index (κ1) is 19.6. The van der Waals surface area contributed by atoms with Crippen LogP contribution in [0.25, 0.3) is 53.1 Å². The number of benzene rings is 4. The maximum Gasteiger partial charge on any atom is 0.0653 e. The van der Waals surface area contributed by atoms with Gasteiger partial charge in [-0.2, -0.15) is 0 Å². The van der Waals surface area contributed by atoms with Crippen LogP contribution in [0, 0.1) is 0 Å². The molecule has 0 radical (unpaired) electrons. The van der Waals surface area contributed by atoms with Gasteiger partial charge in [0.05, 0.1) is 12.1 Å². The molecule has 158 valence electrons. The lowest BCUT2D eigenvalue weighted by molar-refractivity contribution is 1.10. The monoisotopic (exact) mass is 443 g/mol. The number of para-hydroxylation sites is 1. The van der Waals surface area contributed by atoms with Gasteiger partial charge in [-0.1, -0.05) is 66.7 Å². The average Bonchev–Trinajstić information content (AvgIpc) is 3.42. The van der Waals surface area contributed by atoms with E-state index in [1.54, 1.807) is 18.5 Å². The van der Waals surface area contributed by atoms with Crippen LogP contribution in [0.15, 0.2) is 101 Å². The molecule has 6 aromatic rings. The van der Waals surface area contributed by atoms with Gasteiger partial charge in [0.1, 0.15) is 0 Å². The van der Waals surface area contributed by atoms with Crippen molar-refractivity contribution in [1.82, 2.24) is 4.98 Å². The Kier molecular flexibility index (Phi) is 4.85. The van der Waals surface area contributed by atoms with Crippen molar-refractivity contribution < 1.29 is 0 Å². The van der Waals surface area contributed by atoms with E-state index >= 15 is 0 Å². The molecule has 2 aromatic heterocycles. The zero-order valence-corrected chi connectivity index (χ0v) is 18.8. The fourth-order valence-corrected chi connectivity index (χ4v) is 5.90. The van der Waals surface area contributed by atoms with Gasteiger partial charge < -0.3 is 4.98 Å². The Hall–Kier alpha value is -4.02. The predicted octanol–water partition coefficient (Wildman–Crippen LogP) is 8.14. The number of hydrogen-bond acceptors (Lipinski definition) is 3. The highest BCUT2D eigenvalue weighted by atomic mass is 32.1. The first-order valence-electron chi connectivity index (χ1n) is 10.9. The van der Waals surface area contributed by atoms with Crippen molar-refractivity contribution >= 4 is 66.2 Å². The van der Waals surface area contributed by atoms with Gasteiger partial charge in [0.2, 0.25) is 0 Å². The molecule has 0 atom stereocenters. The average molecular weight is 444 g/mol. The summed E-state index contributed by atoms with van der Waals surface area (Å²) in [6, 6.07) is 28.2. The number of H-pyrrole nitrogens is 1. The summed E-state index contributed by atoms with van der Waals surface area (Å²) in [6.07, 6.45) is 5.23. The van der Waals surface area contributed by atoms with Gasteiger partial charge in [-0.25, -0.2) is 0 Å². The molecule has 0 saturated carbocycles. The molecular weight excluding hydrogens is 422 g/mol. The second-order valence-electron chi connectivity index (χ2n) is 7.99. The largest absolute Gasteiger partial charge is 0.354 e. The molecule has 0 bridgehead atoms. The fraction of sp³-hybridized carbons (Fsp3) is 0.0345. The Morgan fingerprint density at radius 2 is 1.70 bits per heavy atom. The number of aromatic amines is 1. The van der Waals surface area contributed by atoms with Crippen molar-refractivity contribution in [1.29, 1.82) is 0 Å². The summed E-state index contributed by atoms with van der Waals surface area (Å²) < 4.78 is 2.60. The van der Waals surface area contributed by atoms with Gasteiger partial charge in [0.25, 0.3) is 0 Å². The number of fused-ring (bicyclic) bond motifs is 7. The number of nitrogens with one attached hydrogen (secondary N) is 1. The maximum atomic E-state index is 4.57. The molecule has 6 rings (SSSR count). The van der Waals surface area contributed by atoms with Crippen molar-refractivity contribution in [3.05, 3.63) is 96.7 Å². The number of nitrogens with zero attached hydrogens (tertiary/aromatic N) is 2. The van der Waals surface area contributed by atoms with Crippen LogP contribution in [0.5, 0.6) is 0 Å². The molecular formula is C29H21N3S. The number of aromatic nitrogens is 1. The molecule has 1 N–H and O–H groups in total. The van der Waals surface area contributed by atoms with E-state index in [1.807, 2.05) is 11.3 Å². The number of thiophene rings is 1. The summed E-state index contributed by atoms with van der Waals surface area (Å²) in [4.78, 5) is 12.0. The van der Waals surface area contributed by atoms with Crippen molar-refractivity contribution in [3.63, 3.8) is 0 Å². The van der Waals surface area contributed by atoms with Crippen molar-refractivity contribution in [2.45, 2.75) is 6.54 Å². The molecule has 2 heterocycles. The lowest BCUT2D eigenvalue weighted by Gasteiger charge is -2.06. The van der Waals surface area contributed by atoms with Gasteiger partial charge in [0, 0.05) is 54.4 Å². The van der Waals surface area contributed by atoms with Crippen LogP contribution in [0.1, 0.15) is 5.56 Å². The van der Waals surface area contributed by atoms with Crippen LogP contribution >= 0.6 is 11.3 Å². The van der Waals surface area contributed by atoms with Crippen LogP contribution < -0.4 is 0 Å². The molecule has 3 nitrogen and oxygen atoms in total. The number of hydrogen-bond donors (Lipinski definition) is 1. The smallest absolute Gasteiger partial charge is 0.0653 e. The highest BCUT2D eigenvalue weighted by Gasteiger charge is 2.18. The molecule has 4 heteroatoms. The van der Waals surface area contributed by atoms with E-state index < -0.39 is 0 Å². The summed E-state index contributed by atoms with van der Waals surface area (Å²) in [5.41, 5.74) is 6.06. The molecule has 0 aliphatic heterocycles. The summed E-state index contributed by atoms with van der Waals surface area (Å²) >= 11 is 1.86. The van der Waals surface area contributed by atoms with Crippen molar-refractivity contribution in [2.75, 3.05) is 0 Å². The van der Waals surface area contributed by atoms with Crippen molar-refractivity contribution in [3.8, 4) is 11.1 Å². The van der Waals surface area contributed by atoms with E-state index in [-0.39, 0.29) is 0 Å². The Morgan fingerprint density at radius 3 is 2.58 bits per heavy atom. The van der Waals surface area contributed by atoms with Gasteiger partial charge >= 0.3 is 0 Å². The minimum atomic E-state index is 0.633. The normalized spacial score (nSPS) is 12.2. The van der Waals surface area contributed by atoms with Gasteiger partial charge in [-0.3, -0.25) is 9.98 Å². The Labute approximate surface area is 195 Å². The van der Waals surface area contributed by atoms with Crippen LogP contribution in [0.2, 0.25) is 0 Å². The molecule has 0 fully saturated rings. The molecule has 0 spiro atoms. The highest BCUT2D eigenvalue weighted by molar-refractivity contribution is 7.26. The summed E-state index contributed by atoms with van der Waals surface area (Å²) in [6.45, 7) is 4.09. The molecule has 0 unspecified atom stereocenters. The van der Waals surface area contributed by atoms with E-state index in [2.05, 4.69) is 101 Å². The minimum absolute atomic E-state index is 0.633. The Bertz CT molecular complexity index is 1700. The van der Waals surface area contributed by atoms with Gasteiger partial charge in [-0.15, -0.1) is 11.3 Å². The fourth-order valence-electron chi connectivity index (χ4n) is 4.64. The van der Waals surface area contributed by atoms with Crippen LogP contribution in [0.3, 0.4) is 0 Å². The van der Waals surface area contributed by atoms with E-state index in [9.17, 15) is 0 Å². The lowest BCUT2D eigenvalue weighted by atomic mass is 9.98. The lowest BCUT2D eigenvalue weighted by Crippen LogP contribution is -1.82. The second-order valence-corrected chi connectivity index (χ2v) is 9.05. The van der Waals surface area contributed by atoms with E-state index in [1.165, 1.54) is 58.7 Å². The van der Waals surface area contributed by atoms with Crippen LogP contribution in [0.4, 0.5) is 0 Å². The van der Waals surface area contributed by atoms with Crippen LogP contribution in [-0.2, 0) is 6.54 Å². The van der Waals surface area contributed by atoms with Gasteiger partial charge in [0.15, 0.2) is 0 Å². The number of rotatable bonds is 5. The Morgan fingerprint density at radius 1 is 0.879 bits per heavy atom. The minimum Gasteiger partial charge on any atom is -0.354 e. The second kappa shape index (κ2) is 8.15. The zero-order valence-electron chi connectivity index (χ0n) is 18.0.